The molecular weight excluding hydrogens is 438 g/mol. The first kappa shape index (κ1) is 23.4. The lowest BCUT2D eigenvalue weighted by molar-refractivity contribution is -0.131. The fourth-order valence-electron chi connectivity index (χ4n) is 4.70. The van der Waals surface area contributed by atoms with Gasteiger partial charge >= 0.3 is 0 Å². The van der Waals surface area contributed by atoms with E-state index in [2.05, 4.69) is 22.8 Å². The number of amides is 2. The summed E-state index contributed by atoms with van der Waals surface area (Å²) in [5.74, 6) is -0.703. The Kier molecular flexibility index (Phi) is 7.14. The largest absolute Gasteiger partial charge is 0.348 e. The number of benzene rings is 2. The molecule has 8 heteroatoms. The standard InChI is InChI=1S/C25H31N3O4S/c1-18(24(29)27-23-13-7-9-19-8-5-6-12-22(19)23)26-25(30)20-14-16-28(17-15-20)33(31,32)21-10-3-2-4-11-21/h2-6,8,10-12,18,20,23H,7,9,13-17H2,1H3,(H,26,30)(H,27,29)/t18-,23-/m0/s1. The van der Waals surface area contributed by atoms with Gasteiger partial charge in [0.05, 0.1) is 10.9 Å². The Morgan fingerprint density at radius 3 is 2.36 bits per heavy atom. The number of hydrogen-bond acceptors (Lipinski definition) is 4. The quantitative estimate of drug-likeness (QED) is 0.680. The van der Waals surface area contributed by atoms with Crippen LogP contribution in [0.1, 0.15) is 49.8 Å². The van der Waals surface area contributed by atoms with Crippen LogP contribution >= 0.6 is 0 Å². The van der Waals surface area contributed by atoms with Gasteiger partial charge in [-0.3, -0.25) is 9.59 Å². The van der Waals surface area contributed by atoms with Gasteiger partial charge in [0, 0.05) is 19.0 Å². The highest BCUT2D eigenvalue weighted by molar-refractivity contribution is 7.89. The molecule has 0 aromatic heterocycles. The Bertz CT molecular complexity index is 1100. The Labute approximate surface area is 195 Å². The molecule has 0 bridgehead atoms. The third kappa shape index (κ3) is 5.28. The lowest BCUT2D eigenvalue weighted by Gasteiger charge is -2.31. The predicted octanol–water partition coefficient (Wildman–Crippen LogP) is 2.79. The van der Waals surface area contributed by atoms with Crippen molar-refractivity contribution in [3.63, 3.8) is 0 Å². The third-order valence-corrected chi connectivity index (χ3v) is 8.56. The minimum absolute atomic E-state index is 0.0340. The van der Waals surface area contributed by atoms with Crippen molar-refractivity contribution in [2.24, 2.45) is 5.92 Å². The van der Waals surface area contributed by atoms with Crippen molar-refractivity contribution in [3.8, 4) is 0 Å². The highest BCUT2D eigenvalue weighted by Gasteiger charge is 2.33. The van der Waals surface area contributed by atoms with Gasteiger partial charge in [-0.05, 0) is 62.3 Å². The second-order valence-corrected chi connectivity index (χ2v) is 10.8. The van der Waals surface area contributed by atoms with Crippen LogP contribution < -0.4 is 10.6 Å². The van der Waals surface area contributed by atoms with Gasteiger partial charge in [-0.1, -0.05) is 42.5 Å². The van der Waals surface area contributed by atoms with Crippen molar-refractivity contribution in [1.82, 2.24) is 14.9 Å². The topological polar surface area (TPSA) is 95.6 Å². The molecule has 2 atom stereocenters. The number of nitrogens with one attached hydrogen (secondary N) is 2. The molecule has 4 rings (SSSR count). The van der Waals surface area contributed by atoms with Crippen LogP contribution in [0.15, 0.2) is 59.5 Å². The van der Waals surface area contributed by atoms with E-state index < -0.39 is 16.1 Å². The fourth-order valence-corrected chi connectivity index (χ4v) is 6.19. The number of hydrogen-bond donors (Lipinski definition) is 2. The first-order valence-electron chi connectivity index (χ1n) is 11.6. The summed E-state index contributed by atoms with van der Waals surface area (Å²) in [5.41, 5.74) is 2.42. The summed E-state index contributed by atoms with van der Waals surface area (Å²) in [5, 5.41) is 5.92. The van der Waals surface area contributed by atoms with E-state index in [0.29, 0.717) is 12.8 Å². The second kappa shape index (κ2) is 10.1. The molecular formula is C25H31N3O4S. The van der Waals surface area contributed by atoms with E-state index in [1.165, 1.54) is 9.87 Å². The number of nitrogens with zero attached hydrogens (tertiary/aromatic N) is 1. The normalized spacial score (nSPS) is 20.5. The van der Waals surface area contributed by atoms with E-state index in [9.17, 15) is 18.0 Å². The van der Waals surface area contributed by atoms with Gasteiger partial charge in [-0.25, -0.2) is 8.42 Å². The molecule has 1 heterocycles. The van der Waals surface area contributed by atoms with Crippen molar-refractivity contribution < 1.29 is 18.0 Å². The molecule has 1 aliphatic heterocycles. The van der Waals surface area contributed by atoms with Crippen LogP contribution in [-0.4, -0.2) is 43.7 Å². The summed E-state index contributed by atoms with van der Waals surface area (Å²) < 4.78 is 27.0. The lowest BCUT2D eigenvalue weighted by Crippen LogP contribution is -2.49. The molecule has 176 valence electrons. The molecule has 1 fully saturated rings. The van der Waals surface area contributed by atoms with Crippen molar-refractivity contribution >= 4 is 21.8 Å². The monoisotopic (exact) mass is 469 g/mol. The van der Waals surface area contributed by atoms with Crippen LogP contribution in [0.5, 0.6) is 0 Å². The highest BCUT2D eigenvalue weighted by atomic mass is 32.2. The summed E-state index contributed by atoms with van der Waals surface area (Å²) in [4.78, 5) is 25.8. The zero-order valence-corrected chi connectivity index (χ0v) is 19.7. The van der Waals surface area contributed by atoms with Gasteiger partial charge in [0.25, 0.3) is 0 Å². The van der Waals surface area contributed by atoms with E-state index in [0.717, 1.165) is 24.8 Å². The van der Waals surface area contributed by atoms with Gasteiger partial charge in [0.15, 0.2) is 0 Å². The molecule has 0 saturated carbocycles. The number of carbonyl (C=O) groups excluding carboxylic acids is 2. The van der Waals surface area contributed by atoms with Crippen LogP contribution in [0.2, 0.25) is 0 Å². The molecule has 0 radical (unpaired) electrons. The Morgan fingerprint density at radius 2 is 1.64 bits per heavy atom. The number of carbonyl (C=O) groups is 2. The molecule has 7 nitrogen and oxygen atoms in total. The molecule has 2 aliphatic rings. The summed E-state index contributed by atoms with van der Waals surface area (Å²) in [6, 6.07) is 15.8. The zero-order chi connectivity index (χ0) is 23.4. The Hall–Kier alpha value is -2.71. The van der Waals surface area contributed by atoms with E-state index in [4.69, 9.17) is 0 Å². The second-order valence-electron chi connectivity index (χ2n) is 8.87. The molecule has 2 amide bonds. The molecule has 1 aliphatic carbocycles. The van der Waals surface area contributed by atoms with Gasteiger partial charge in [-0.2, -0.15) is 4.31 Å². The van der Waals surface area contributed by atoms with E-state index >= 15 is 0 Å². The molecule has 33 heavy (non-hydrogen) atoms. The number of sulfonamides is 1. The van der Waals surface area contributed by atoms with Crippen LogP contribution in [0.4, 0.5) is 0 Å². The number of piperidine rings is 1. The summed E-state index contributed by atoms with van der Waals surface area (Å²) in [7, 11) is -3.55. The first-order chi connectivity index (χ1) is 15.9. The first-order valence-corrected chi connectivity index (χ1v) is 13.0. The van der Waals surface area contributed by atoms with E-state index in [1.54, 1.807) is 37.3 Å². The summed E-state index contributed by atoms with van der Waals surface area (Å²) in [6.45, 7) is 2.26. The minimum atomic E-state index is -3.55. The summed E-state index contributed by atoms with van der Waals surface area (Å²) >= 11 is 0. The average Bonchev–Trinajstić information content (AvgIpc) is 2.84. The van der Waals surface area contributed by atoms with E-state index in [1.807, 2.05) is 12.1 Å². The van der Waals surface area contributed by atoms with Crippen LogP contribution in [-0.2, 0) is 26.0 Å². The zero-order valence-electron chi connectivity index (χ0n) is 18.9. The Morgan fingerprint density at radius 1 is 0.970 bits per heavy atom. The molecule has 1 saturated heterocycles. The number of aryl methyl sites for hydroxylation is 1. The molecule has 2 N–H and O–H groups in total. The highest BCUT2D eigenvalue weighted by Crippen LogP contribution is 2.29. The van der Waals surface area contributed by atoms with Crippen LogP contribution in [0, 0.1) is 5.92 Å². The minimum Gasteiger partial charge on any atom is -0.348 e. The molecule has 0 unspecified atom stereocenters. The maximum absolute atomic E-state index is 12.8. The van der Waals surface area contributed by atoms with Crippen LogP contribution in [0.3, 0.4) is 0 Å². The smallest absolute Gasteiger partial charge is 0.243 e. The Balaban J connectivity index is 1.29. The molecule has 0 spiro atoms. The van der Waals surface area contributed by atoms with Crippen molar-refractivity contribution in [3.05, 3.63) is 65.7 Å². The average molecular weight is 470 g/mol. The van der Waals surface area contributed by atoms with Gasteiger partial charge in [0.2, 0.25) is 21.8 Å². The van der Waals surface area contributed by atoms with Crippen molar-refractivity contribution in [1.29, 1.82) is 0 Å². The maximum atomic E-state index is 12.8. The number of fused-ring (bicyclic) bond motifs is 1. The molecule has 2 aromatic carbocycles. The lowest BCUT2D eigenvalue weighted by atomic mass is 9.87. The number of rotatable bonds is 6. The van der Waals surface area contributed by atoms with Crippen molar-refractivity contribution in [2.45, 2.75) is 56.0 Å². The third-order valence-electron chi connectivity index (χ3n) is 6.64. The fraction of sp³-hybridized carbons (Fsp3) is 0.440. The SMILES string of the molecule is C[C@H](NC(=O)C1CCN(S(=O)(=O)c2ccccc2)CC1)C(=O)N[C@H]1CCCc2ccccc21. The summed E-state index contributed by atoms with van der Waals surface area (Å²) in [6.07, 6.45) is 3.79. The molecule has 2 aromatic rings. The van der Waals surface area contributed by atoms with E-state index in [-0.39, 0.29) is 41.8 Å². The van der Waals surface area contributed by atoms with Crippen LogP contribution in [0.25, 0.3) is 0 Å². The predicted molar refractivity (Wildman–Crippen MR) is 126 cm³/mol. The van der Waals surface area contributed by atoms with Crippen molar-refractivity contribution in [2.75, 3.05) is 13.1 Å². The van der Waals surface area contributed by atoms with Gasteiger partial charge in [0.1, 0.15) is 6.04 Å². The van der Waals surface area contributed by atoms with Gasteiger partial charge < -0.3 is 10.6 Å². The van der Waals surface area contributed by atoms with Gasteiger partial charge in [-0.15, -0.1) is 0 Å². The maximum Gasteiger partial charge on any atom is 0.243 e.